The lowest BCUT2D eigenvalue weighted by Crippen LogP contribution is -2.45. The molecule has 0 atom stereocenters. The van der Waals surface area contributed by atoms with Gasteiger partial charge >= 0.3 is 0 Å². The van der Waals surface area contributed by atoms with Gasteiger partial charge in [0.2, 0.25) is 0 Å². The fourth-order valence-corrected chi connectivity index (χ4v) is 1.57. The van der Waals surface area contributed by atoms with Crippen LogP contribution in [0.1, 0.15) is 12.8 Å². The molecule has 0 amide bonds. The smallest absolute Gasteiger partial charge is 0.169 e. The summed E-state index contributed by atoms with van der Waals surface area (Å²) < 4.78 is 10.7. The molecule has 0 unspecified atom stereocenters. The van der Waals surface area contributed by atoms with E-state index in [-0.39, 0.29) is 11.7 Å². The first kappa shape index (κ1) is 6.31. The van der Waals surface area contributed by atoms with Crippen LogP contribution >= 0.6 is 0 Å². The van der Waals surface area contributed by atoms with Gasteiger partial charge in [-0.15, -0.1) is 0 Å². The highest BCUT2D eigenvalue weighted by atomic mass is 16.7. The Kier molecular flexibility index (Phi) is 1.28. The molecule has 1 heterocycles. The molecule has 56 valence electrons. The maximum absolute atomic E-state index is 10.2. The van der Waals surface area contributed by atoms with Crippen LogP contribution in [0.4, 0.5) is 0 Å². The highest BCUT2D eigenvalue weighted by molar-refractivity contribution is 5.55. The van der Waals surface area contributed by atoms with E-state index >= 15 is 0 Å². The van der Waals surface area contributed by atoms with Crippen LogP contribution in [0.5, 0.6) is 0 Å². The van der Waals surface area contributed by atoms with Crippen molar-refractivity contribution in [2.24, 2.45) is 5.92 Å². The molecule has 10 heavy (non-hydrogen) atoms. The maximum Gasteiger partial charge on any atom is 0.169 e. The SMILES string of the molecule is O=CC1CC2(C1)OCCO2. The van der Waals surface area contributed by atoms with Gasteiger partial charge in [0.25, 0.3) is 0 Å². The lowest BCUT2D eigenvalue weighted by atomic mass is 9.80. The minimum atomic E-state index is -0.342. The molecule has 1 spiro atoms. The molecular weight excluding hydrogens is 132 g/mol. The van der Waals surface area contributed by atoms with Crippen LogP contribution in [-0.2, 0) is 14.3 Å². The largest absolute Gasteiger partial charge is 0.347 e. The van der Waals surface area contributed by atoms with Crippen molar-refractivity contribution in [1.82, 2.24) is 0 Å². The van der Waals surface area contributed by atoms with Crippen LogP contribution < -0.4 is 0 Å². The zero-order valence-corrected chi connectivity index (χ0v) is 5.71. The van der Waals surface area contributed by atoms with Crippen LogP contribution in [0.15, 0.2) is 0 Å². The number of ether oxygens (including phenoxy) is 2. The molecule has 2 fully saturated rings. The Morgan fingerprint density at radius 2 is 1.90 bits per heavy atom. The molecular formula is C7H10O3. The van der Waals surface area contributed by atoms with Gasteiger partial charge in [-0.2, -0.15) is 0 Å². The zero-order valence-electron chi connectivity index (χ0n) is 5.71. The normalized spacial score (nSPS) is 30.4. The number of aldehydes is 1. The summed E-state index contributed by atoms with van der Waals surface area (Å²) in [6.45, 7) is 1.37. The molecule has 3 nitrogen and oxygen atoms in total. The summed E-state index contributed by atoms with van der Waals surface area (Å²) in [5.74, 6) is -0.163. The second-order valence-electron chi connectivity index (χ2n) is 2.91. The topological polar surface area (TPSA) is 35.5 Å². The summed E-state index contributed by atoms with van der Waals surface area (Å²) in [6, 6.07) is 0. The number of carbonyl (C=O) groups excluding carboxylic acids is 1. The van der Waals surface area contributed by atoms with Crippen molar-refractivity contribution in [2.45, 2.75) is 18.6 Å². The summed E-state index contributed by atoms with van der Waals surface area (Å²) in [4.78, 5) is 10.2. The second-order valence-corrected chi connectivity index (χ2v) is 2.91. The van der Waals surface area contributed by atoms with Gasteiger partial charge in [0.1, 0.15) is 6.29 Å². The zero-order chi connectivity index (χ0) is 7.03. The fourth-order valence-electron chi connectivity index (χ4n) is 1.57. The average molecular weight is 142 g/mol. The Balaban J connectivity index is 1.92. The quantitative estimate of drug-likeness (QED) is 0.495. The number of rotatable bonds is 1. The van der Waals surface area contributed by atoms with E-state index in [1.807, 2.05) is 0 Å². The molecule has 0 aromatic heterocycles. The molecule has 3 heteroatoms. The molecule has 1 saturated carbocycles. The monoisotopic (exact) mass is 142 g/mol. The summed E-state index contributed by atoms with van der Waals surface area (Å²) in [6.07, 6.45) is 2.50. The van der Waals surface area contributed by atoms with E-state index in [9.17, 15) is 4.79 Å². The number of hydrogen-bond acceptors (Lipinski definition) is 3. The molecule has 1 saturated heterocycles. The van der Waals surface area contributed by atoms with Gasteiger partial charge in [-0.3, -0.25) is 0 Å². The minimum absolute atomic E-state index is 0.179. The predicted octanol–water partition coefficient (Wildman–Crippen LogP) is 0.338. The van der Waals surface area contributed by atoms with E-state index in [1.165, 1.54) is 0 Å². The third-order valence-corrected chi connectivity index (χ3v) is 2.15. The van der Waals surface area contributed by atoms with Crippen molar-refractivity contribution in [3.05, 3.63) is 0 Å². The van der Waals surface area contributed by atoms with Gasteiger partial charge in [-0.1, -0.05) is 0 Å². The van der Waals surface area contributed by atoms with E-state index in [0.29, 0.717) is 13.2 Å². The minimum Gasteiger partial charge on any atom is -0.347 e. The Morgan fingerprint density at radius 3 is 2.40 bits per heavy atom. The van der Waals surface area contributed by atoms with Gasteiger partial charge in [0.15, 0.2) is 5.79 Å². The van der Waals surface area contributed by atoms with Crippen molar-refractivity contribution in [3.8, 4) is 0 Å². The van der Waals surface area contributed by atoms with Gasteiger partial charge < -0.3 is 14.3 Å². The molecule has 1 aliphatic heterocycles. The van der Waals surface area contributed by atoms with Crippen LogP contribution in [0.25, 0.3) is 0 Å². The first-order valence-corrected chi connectivity index (χ1v) is 3.58. The van der Waals surface area contributed by atoms with Crippen molar-refractivity contribution >= 4 is 6.29 Å². The Labute approximate surface area is 59.3 Å². The molecule has 0 aromatic carbocycles. The van der Waals surface area contributed by atoms with E-state index < -0.39 is 0 Å². The fraction of sp³-hybridized carbons (Fsp3) is 0.857. The Bertz CT molecular complexity index is 141. The highest BCUT2D eigenvalue weighted by Crippen LogP contribution is 2.42. The summed E-state index contributed by atoms with van der Waals surface area (Å²) >= 11 is 0. The van der Waals surface area contributed by atoms with Gasteiger partial charge in [0.05, 0.1) is 13.2 Å². The molecule has 2 aliphatic rings. The van der Waals surface area contributed by atoms with Crippen molar-refractivity contribution < 1.29 is 14.3 Å². The predicted molar refractivity (Wildman–Crippen MR) is 33.4 cm³/mol. The summed E-state index contributed by atoms with van der Waals surface area (Å²) in [7, 11) is 0. The number of hydrogen-bond donors (Lipinski definition) is 0. The first-order chi connectivity index (χ1) is 4.85. The first-order valence-electron chi connectivity index (χ1n) is 3.58. The second kappa shape index (κ2) is 2.04. The Morgan fingerprint density at radius 1 is 1.30 bits per heavy atom. The standard InChI is InChI=1S/C7H10O3/c8-5-6-3-7(4-6)9-1-2-10-7/h5-6H,1-4H2. The Hall–Kier alpha value is -0.410. The van der Waals surface area contributed by atoms with E-state index in [4.69, 9.17) is 9.47 Å². The van der Waals surface area contributed by atoms with Crippen LogP contribution in [0.2, 0.25) is 0 Å². The van der Waals surface area contributed by atoms with Crippen LogP contribution in [0.3, 0.4) is 0 Å². The van der Waals surface area contributed by atoms with Crippen LogP contribution in [0, 0.1) is 5.92 Å². The van der Waals surface area contributed by atoms with Crippen LogP contribution in [-0.4, -0.2) is 25.3 Å². The molecule has 0 bridgehead atoms. The molecule has 0 aromatic rings. The van der Waals surface area contributed by atoms with E-state index in [2.05, 4.69) is 0 Å². The van der Waals surface area contributed by atoms with Gasteiger partial charge in [-0.25, -0.2) is 0 Å². The van der Waals surface area contributed by atoms with E-state index in [1.54, 1.807) is 0 Å². The molecule has 0 N–H and O–H groups in total. The molecule has 1 aliphatic carbocycles. The molecule has 0 radical (unpaired) electrons. The summed E-state index contributed by atoms with van der Waals surface area (Å²) in [5, 5.41) is 0. The maximum atomic E-state index is 10.2. The molecule has 2 rings (SSSR count). The third kappa shape index (κ3) is 0.777. The van der Waals surface area contributed by atoms with Crippen molar-refractivity contribution in [3.63, 3.8) is 0 Å². The van der Waals surface area contributed by atoms with Crippen molar-refractivity contribution in [1.29, 1.82) is 0 Å². The lowest BCUT2D eigenvalue weighted by Gasteiger charge is -2.39. The number of carbonyl (C=O) groups is 1. The van der Waals surface area contributed by atoms with Crippen molar-refractivity contribution in [2.75, 3.05) is 13.2 Å². The summed E-state index contributed by atoms with van der Waals surface area (Å²) in [5.41, 5.74) is 0. The van der Waals surface area contributed by atoms with E-state index in [0.717, 1.165) is 19.1 Å². The average Bonchev–Trinajstić information content (AvgIpc) is 2.30. The lowest BCUT2D eigenvalue weighted by molar-refractivity contribution is -0.225. The van der Waals surface area contributed by atoms with Gasteiger partial charge in [-0.05, 0) is 0 Å². The third-order valence-electron chi connectivity index (χ3n) is 2.15. The van der Waals surface area contributed by atoms with Gasteiger partial charge in [0, 0.05) is 18.8 Å². The highest BCUT2D eigenvalue weighted by Gasteiger charge is 2.48.